The molecule has 0 saturated heterocycles. The van der Waals surface area contributed by atoms with Crippen LogP contribution in [0.15, 0.2) is 36.5 Å². The van der Waals surface area contributed by atoms with Crippen LogP contribution in [-0.2, 0) is 11.2 Å². The molecule has 0 spiro atoms. The third kappa shape index (κ3) is 3.59. The highest BCUT2D eigenvalue weighted by Gasteiger charge is 2.21. The quantitative estimate of drug-likeness (QED) is 0.849. The van der Waals surface area contributed by atoms with Gasteiger partial charge in [0.2, 0.25) is 0 Å². The van der Waals surface area contributed by atoms with Gasteiger partial charge in [0.25, 0.3) is 5.91 Å². The van der Waals surface area contributed by atoms with Crippen LogP contribution in [0.3, 0.4) is 0 Å². The van der Waals surface area contributed by atoms with Gasteiger partial charge in [-0.1, -0.05) is 34.8 Å². The smallest absolute Gasteiger partial charge is 0.326 e. The molecule has 2 N–H and O–H groups in total. The minimum atomic E-state index is -1.07. The number of nitrogens with zero attached hydrogens (tertiary/aromatic N) is 2. The number of benzene rings is 1. The van der Waals surface area contributed by atoms with Gasteiger partial charge < -0.3 is 10.4 Å². The van der Waals surface area contributed by atoms with E-state index in [4.69, 9.17) is 5.11 Å². The van der Waals surface area contributed by atoms with Crippen molar-refractivity contribution in [3.63, 3.8) is 0 Å². The van der Waals surface area contributed by atoms with Crippen molar-refractivity contribution in [1.82, 2.24) is 14.9 Å². The van der Waals surface area contributed by atoms with Gasteiger partial charge in [0.15, 0.2) is 0 Å². The van der Waals surface area contributed by atoms with Crippen LogP contribution in [0.25, 0.3) is 0 Å². The first kappa shape index (κ1) is 13.2. The maximum absolute atomic E-state index is 11.8. The topological polar surface area (TPSA) is 92.2 Å². The number of hydrogen-bond donors (Lipinski definition) is 2. The van der Waals surface area contributed by atoms with E-state index in [0.29, 0.717) is 4.88 Å². The first-order chi connectivity index (χ1) is 9.16. The molecule has 1 aromatic heterocycles. The Balaban J connectivity index is 2.05. The molecule has 6 nitrogen and oxygen atoms in total. The van der Waals surface area contributed by atoms with E-state index in [-0.39, 0.29) is 6.42 Å². The van der Waals surface area contributed by atoms with Crippen LogP contribution in [0.4, 0.5) is 0 Å². The lowest BCUT2D eigenvalue weighted by atomic mass is 10.1. The monoisotopic (exact) mass is 277 g/mol. The Labute approximate surface area is 113 Å². The van der Waals surface area contributed by atoms with E-state index in [2.05, 4.69) is 14.9 Å². The van der Waals surface area contributed by atoms with E-state index >= 15 is 0 Å². The SMILES string of the molecule is O=C(NC(Cc1ccccc1)C(=O)O)c1cnns1. The number of nitrogens with one attached hydrogen (secondary N) is 1. The van der Waals surface area contributed by atoms with Gasteiger partial charge in [0.1, 0.15) is 10.9 Å². The van der Waals surface area contributed by atoms with Gasteiger partial charge in [-0.05, 0) is 17.1 Å². The Morgan fingerprint density at radius 2 is 2.05 bits per heavy atom. The van der Waals surface area contributed by atoms with Crippen molar-refractivity contribution in [3.8, 4) is 0 Å². The molecule has 0 fully saturated rings. The summed E-state index contributed by atoms with van der Waals surface area (Å²) in [7, 11) is 0. The zero-order chi connectivity index (χ0) is 13.7. The lowest BCUT2D eigenvalue weighted by Gasteiger charge is -2.13. The van der Waals surface area contributed by atoms with Crippen LogP contribution in [0, 0.1) is 0 Å². The number of aliphatic carboxylic acids is 1. The Morgan fingerprint density at radius 1 is 1.32 bits per heavy atom. The van der Waals surface area contributed by atoms with E-state index in [1.165, 1.54) is 6.20 Å². The summed E-state index contributed by atoms with van der Waals surface area (Å²) in [5, 5.41) is 15.1. The fourth-order valence-electron chi connectivity index (χ4n) is 1.55. The molecule has 0 bridgehead atoms. The Bertz CT molecular complexity index is 557. The lowest BCUT2D eigenvalue weighted by molar-refractivity contribution is -0.139. The van der Waals surface area contributed by atoms with E-state index in [1.807, 2.05) is 30.3 Å². The second-order valence-corrected chi connectivity index (χ2v) is 4.62. The van der Waals surface area contributed by atoms with Gasteiger partial charge in [-0.15, -0.1) is 5.10 Å². The fourth-order valence-corrected chi connectivity index (χ4v) is 1.96. The van der Waals surface area contributed by atoms with Crippen LogP contribution in [0.1, 0.15) is 15.2 Å². The van der Waals surface area contributed by atoms with Gasteiger partial charge in [-0.25, -0.2) is 4.79 Å². The van der Waals surface area contributed by atoms with Gasteiger partial charge in [0, 0.05) is 6.42 Å². The number of aromatic nitrogens is 2. The molecule has 98 valence electrons. The van der Waals surface area contributed by atoms with Crippen LogP contribution in [-0.4, -0.2) is 32.6 Å². The molecule has 0 radical (unpaired) electrons. The predicted octanol–water partition coefficient (Wildman–Crippen LogP) is 0.964. The molecule has 0 saturated carbocycles. The summed E-state index contributed by atoms with van der Waals surface area (Å²) in [4.78, 5) is 23.2. The minimum absolute atomic E-state index is 0.230. The van der Waals surface area contributed by atoms with E-state index < -0.39 is 17.9 Å². The van der Waals surface area contributed by atoms with Crippen LogP contribution in [0.2, 0.25) is 0 Å². The standard InChI is InChI=1S/C12H11N3O3S/c16-11(10-7-13-15-19-10)14-9(12(17)18)6-8-4-2-1-3-5-8/h1-5,7,9H,6H2,(H,14,16)(H,17,18). The molecule has 7 heteroatoms. The lowest BCUT2D eigenvalue weighted by Crippen LogP contribution is -2.42. The zero-order valence-electron chi connectivity index (χ0n) is 9.81. The second-order valence-electron chi connectivity index (χ2n) is 3.84. The molecule has 2 rings (SSSR count). The zero-order valence-corrected chi connectivity index (χ0v) is 10.6. The molecule has 1 aromatic carbocycles. The molecule has 0 aliphatic carbocycles. The maximum atomic E-state index is 11.8. The van der Waals surface area contributed by atoms with Crippen molar-refractivity contribution < 1.29 is 14.7 Å². The summed E-state index contributed by atoms with van der Waals surface area (Å²) in [6.45, 7) is 0. The first-order valence-corrected chi connectivity index (χ1v) is 6.29. The van der Waals surface area contributed by atoms with Gasteiger partial charge in [-0.3, -0.25) is 4.79 Å². The summed E-state index contributed by atoms with van der Waals surface area (Å²) in [5.41, 5.74) is 0.845. The summed E-state index contributed by atoms with van der Waals surface area (Å²) < 4.78 is 3.56. The summed E-state index contributed by atoms with van der Waals surface area (Å²) in [6, 6.07) is 8.15. The van der Waals surface area contributed by atoms with Crippen LogP contribution >= 0.6 is 11.5 Å². The van der Waals surface area contributed by atoms with Gasteiger partial charge in [-0.2, -0.15) is 0 Å². The molecular weight excluding hydrogens is 266 g/mol. The number of amides is 1. The highest BCUT2D eigenvalue weighted by molar-refractivity contribution is 7.07. The number of rotatable bonds is 5. The van der Waals surface area contributed by atoms with Crippen molar-refractivity contribution in [1.29, 1.82) is 0 Å². The molecular formula is C12H11N3O3S. The largest absolute Gasteiger partial charge is 0.480 e. The highest BCUT2D eigenvalue weighted by atomic mass is 32.1. The minimum Gasteiger partial charge on any atom is -0.480 e. The average molecular weight is 277 g/mol. The summed E-state index contributed by atoms with van der Waals surface area (Å²) in [6.07, 6.45) is 1.54. The number of carboxylic acid groups (broad SMARTS) is 1. The highest BCUT2D eigenvalue weighted by Crippen LogP contribution is 2.06. The predicted molar refractivity (Wildman–Crippen MR) is 68.9 cm³/mol. The molecule has 1 heterocycles. The average Bonchev–Trinajstić information content (AvgIpc) is 2.93. The first-order valence-electron chi connectivity index (χ1n) is 5.52. The number of carboxylic acids is 1. The van der Waals surface area contributed by atoms with E-state index in [9.17, 15) is 9.59 Å². The van der Waals surface area contributed by atoms with E-state index in [0.717, 1.165) is 17.1 Å². The van der Waals surface area contributed by atoms with Gasteiger partial charge in [0.05, 0.1) is 6.20 Å². The van der Waals surface area contributed by atoms with Crippen molar-refractivity contribution >= 4 is 23.4 Å². The fraction of sp³-hybridized carbons (Fsp3) is 0.167. The van der Waals surface area contributed by atoms with Crippen LogP contribution < -0.4 is 5.32 Å². The molecule has 2 aromatic rings. The third-order valence-electron chi connectivity index (χ3n) is 2.47. The molecule has 1 atom stereocenters. The Kier molecular flexibility index (Phi) is 4.19. The molecule has 1 amide bonds. The third-order valence-corrected chi connectivity index (χ3v) is 3.13. The number of carbonyl (C=O) groups excluding carboxylic acids is 1. The molecule has 1 unspecified atom stereocenters. The Morgan fingerprint density at radius 3 is 2.63 bits per heavy atom. The van der Waals surface area contributed by atoms with E-state index in [1.54, 1.807) is 0 Å². The summed E-state index contributed by atoms with van der Waals surface area (Å²) >= 11 is 0.925. The maximum Gasteiger partial charge on any atom is 0.326 e. The molecule has 0 aliphatic heterocycles. The Hall–Kier alpha value is -2.28. The molecule has 0 aliphatic rings. The van der Waals surface area contributed by atoms with Crippen LogP contribution in [0.5, 0.6) is 0 Å². The van der Waals surface area contributed by atoms with Crippen molar-refractivity contribution in [2.45, 2.75) is 12.5 Å². The molecule has 19 heavy (non-hydrogen) atoms. The second kappa shape index (κ2) is 6.05. The van der Waals surface area contributed by atoms with Crippen molar-refractivity contribution in [3.05, 3.63) is 47.0 Å². The van der Waals surface area contributed by atoms with Gasteiger partial charge >= 0.3 is 5.97 Å². The normalized spacial score (nSPS) is 11.8. The van der Waals surface area contributed by atoms with Crippen molar-refractivity contribution in [2.24, 2.45) is 0 Å². The summed E-state index contributed by atoms with van der Waals surface area (Å²) in [5.74, 6) is -1.55. The van der Waals surface area contributed by atoms with Crippen molar-refractivity contribution in [2.75, 3.05) is 0 Å². The number of hydrogen-bond acceptors (Lipinski definition) is 5. The number of carbonyl (C=O) groups is 2.